The molecule has 1 aliphatic heterocycles. The average molecular weight is 272 g/mol. The highest BCUT2D eigenvalue weighted by atomic mass is 79.9. The van der Waals surface area contributed by atoms with Gasteiger partial charge in [0.15, 0.2) is 5.78 Å². The minimum absolute atomic E-state index is 0.000697. The van der Waals surface area contributed by atoms with Crippen LogP contribution in [0.25, 0.3) is 0 Å². The molecule has 0 spiro atoms. The van der Waals surface area contributed by atoms with Crippen LogP contribution in [0, 0.1) is 0 Å². The van der Waals surface area contributed by atoms with Crippen LogP contribution >= 0.6 is 15.9 Å². The largest absolute Gasteiger partial charge is 0.458 e. The molecule has 0 saturated carbocycles. The van der Waals surface area contributed by atoms with Crippen LogP contribution in [0.2, 0.25) is 0 Å². The van der Waals surface area contributed by atoms with E-state index in [2.05, 4.69) is 15.9 Å². The van der Waals surface area contributed by atoms with E-state index in [1.54, 1.807) is 13.0 Å². The minimum atomic E-state index is -0.492. The van der Waals surface area contributed by atoms with Crippen molar-refractivity contribution in [3.8, 4) is 0 Å². The van der Waals surface area contributed by atoms with Crippen molar-refractivity contribution in [2.45, 2.75) is 24.9 Å². The summed E-state index contributed by atoms with van der Waals surface area (Å²) in [5.41, 5.74) is 0.698. The molecule has 1 unspecified atom stereocenters. The molecule has 1 saturated heterocycles. The normalized spacial score (nSPS) is 24.3. The fraction of sp³-hybridized carbons (Fsp3) is 0.400. The Labute approximate surface area is 95.7 Å². The van der Waals surface area contributed by atoms with Crippen molar-refractivity contribution in [2.75, 3.05) is 0 Å². The van der Waals surface area contributed by atoms with Crippen LogP contribution in [0.1, 0.15) is 19.8 Å². The molecule has 5 heteroatoms. The molecule has 2 rings (SSSR count). The van der Waals surface area contributed by atoms with E-state index in [4.69, 9.17) is 4.74 Å². The first-order valence-corrected chi connectivity index (χ1v) is 5.63. The molecular formula is C10H10BrNO3. The molecule has 0 bridgehead atoms. The second-order valence-corrected chi connectivity index (χ2v) is 4.08. The molecule has 80 valence electrons. The fourth-order valence-corrected chi connectivity index (χ4v) is 2.22. The van der Waals surface area contributed by atoms with Gasteiger partial charge in [0.25, 0.3) is 0 Å². The second kappa shape index (κ2) is 3.81. The number of alkyl halides is 1. The molecule has 4 nitrogen and oxygen atoms in total. The summed E-state index contributed by atoms with van der Waals surface area (Å²) < 4.78 is 5.36. The summed E-state index contributed by atoms with van der Waals surface area (Å²) in [6.45, 7) is 1.79. The van der Waals surface area contributed by atoms with Crippen LogP contribution in [0.3, 0.4) is 0 Å². The Kier molecular flexibility index (Phi) is 2.65. The fourth-order valence-electron chi connectivity index (χ4n) is 1.57. The molecule has 1 atom stereocenters. The van der Waals surface area contributed by atoms with Crippen molar-refractivity contribution in [2.24, 2.45) is 0 Å². The SMILES string of the molecule is CCC(=O)N1C2=CCC(=O)C=C2OC1Br. The van der Waals surface area contributed by atoms with Crippen molar-refractivity contribution >= 4 is 27.6 Å². The van der Waals surface area contributed by atoms with Crippen LogP contribution in [-0.4, -0.2) is 21.7 Å². The highest BCUT2D eigenvalue weighted by Gasteiger charge is 2.37. The number of hydrogen-bond acceptors (Lipinski definition) is 3. The number of fused-ring (bicyclic) bond motifs is 1. The lowest BCUT2D eigenvalue weighted by Crippen LogP contribution is -2.31. The zero-order valence-corrected chi connectivity index (χ0v) is 9.78. The highest BCUT2D eigenvalue weighted by Crippen LogP contribution is 2.35. The molecule has 0 N–H and O–H groups in total. The molecule has 15 heavy (non-hydrogen) atoms. The number of carbonyl (C=O) groups excluding carboxylic acids is 2. The van der Waals surface area contributed by atoms with Gasteiger partial charge in [0.1, 0.15) is 5.76 Å². The Morgan fingerprint density at radius 1 is 1.73 bits per heavy atom. The lowest BCUT2D eigenvalue weighted by Gasteiger charge is -2.18. The average Bonchev–Trinajstić information content (AvgIpc) is 2.52. The topological polar surface area (TPSA) is 46.6 Å². The number of carbonyl (C=O) groups is 2. The van der Waals surface area contributed by atoms with Gasteiger partial charge >= 0.3 is 0 Å². The summed E-state index contributed by atoms with van der Waals surface area (Å²) in [4.78, 5) is 24.3. The molecule has 1 fully saturated rings. The number of amides is 1. The van der Waals surface area contributed by atoms with E-state index in [0.29, 0.717) is 24.3 Å². The van der Waals surface area contributed by atoms with Crippen LogP contribution in [0.4, 0.5) is 0 Å². The van der Waals surface area contributed by atoms with Gasteiger partial charge in [0.05, 0.1) is 5.70 Å². The van der Waals surface area contributed by atoms with E-state index < -0.39 is 5.14 Å². The van der Waals surface area contributed by atoms with Crippen LogP contribution < -0.4 is 0 Å². The quantitative estimate of drug-likeness (QED) is 0.539. The standard InChI is InChI=1S/C10H10BrNO3/c1-2-9(14)12-7-4-3-6(13)5-8(7)15-10(12)11/h4-5,10H,2-3H2,1H3. The first-order valence-electron chi connectivity index (χ1n) is 4.71. The third-order valence-corrected chi connectivity index (χ3v) is 2.90. The summed E-state index contributed by atoms with van der Waals surface area (Å²) in [5.74, 6) is 0.454. The number of nitrogens with zero attached hydrogens (tertiary/aromatic N) is 1. The van der Waals surface area contributed by atoms with E-state index in [1.165, 1.54) is 11.0 Å². The van der Waals surface area contributed by atoms with E-state index in [9.17, 15) is 9.59 Å². The lowest BCUT2D eigenvalue weighted by molar-refractivity contribution is -0.130. The zero-order valence-electron chi connectivity index (χ0n) is 8.20. The summed E-state index contributed by atoms with van der Waals surface area (Å²) in [6, 6.07) is 0. The van der Waals surface area contributed by atoms with Crippen LogP contribution in [0.15, 0.2) is 23.6 Å². The van der Waals surface area contributed by atoms with Gasteiger partial charge in [-0.1, -0.05) is 6.92 Å². The summed E-state index contributed by atoms with van der Waals surface area (Å²) in [7, 11) is 0. The number of hydrogen-bond donors (Lipinski definition) is 0. The van der Waals surface area contributed by atoms with Crippen molar-refractivity contribution in [3.63, 3.8) is 0 Å². The van der Waals surface area contributed by atoms with Gasteiger partial charge in [-0.25, -0.2) is 0 Å². The third kappa shape index (κ3) is 1.71. The Balaban J connectivity index is 2.33. The maximum Gasteiger partial charge on any atom is 0.235 e. The second-order valence-electron chi connectivity index (χ2n) is 3.30. The monoisotopic (exact) mass is 271 g/mol. The summed E-state index contributed by atoms with van der Waals surface area (Å²) in [5, 5.41) is -0.492. The molecule has 1 aliphatic carbocycles. The number of halogens is 1. The molecule has 2 aliphatic rings. The van der Waals surface area contributed by atoms with Crippen LogP contribution in [0.5, 0.6) is 0 Å². The summed E-state index contributed by atoms with van der Waals surface area (Å²) >= 11 is 3.25. The van der Waals surface area contributed by atoms with Gasteiger partial charge in [-0.3, -0.25) is 14.5 Å². The highest BCUT2D eigenvalue weighted by molar-refractivity contribution is 9.09. The summed E-state index contributed by atoms with van der Waals surface area (Å²) in [6.07, 6.45) is 3.90. The van der Waals surface area contributed by atoms with Gasteiger partial charge in [-0.2, -0.15) is 0 Å². The molecule has 0 aromatic carbocycles. The predicted molar refractivity (Wildman–Crippen MR) is 56.7 cm³/mol. The van der Waals surface area contributed by atoms with E-state index >= 15 is 0 Å². The zero-order chi connectivity index (χ0) is 11.0. The Morgan fingerprint density at radius 3 is 3.13 bits per heavy atom. The molecule has 1 heterocycles. The molecule has 0 aromatic heterocycles. The van der Waals surface area contributed by atoms with Crippen molar-refractivity contribution in [1.82, 2.24) is 4.90 Å². The van der Waals surface area contributed by atoms with Gasteiger partial charge in [-0.15, -0.1) is 0 Å². The first-order chi connectivity index (χ1) is 7.13. The van der Waals surface area contributed by atoms with Gasteiger partial charge in [0.2, 0.25) is 11.0 Å². The molecular weight excluding hydrogens is 262 g/mol. The van der Waals surface area contributed by atoms with E-state index in [1.807, 2.05) is 0 Å². The number of ketones is 1. The molecule has 1 amide bonds. The lowest BCUT2D eigenvalue weighted by atomic mass is 10.1. The smallest absolute Gasteiger partial charge is 0.235 e. The number of ether oxygens (including phenoxy) is 1. The van der Waals surface area contributed by atoms with Crippen LogP contribution in [-0.2, 0) is 14.3 Å². The maximum absolute atomic E-state index is 11.6. The Hall–Kier alpha value is -1.10. The molecule has 0 radical (unpaired) electrons. The van der Waals surface area contributed by atoms with Crippen molar-refractivity contribution in [1.29, 1.82) is 0 Å². The minimum Gasteiger partial charge on any atom is -0.458 e. The number of rotatable bonds is 1. The number of allylic oxidation sites excluding steroid dienone is 2. The van der Waals surface area contributed by atoms with Crippen molar-refractivity contribution < 1.29 is 14.3 Å². The Morgan fingerprint density at radius 2 is 2.47 bits per heavy atom. The van der Waals surface area contributed by atoms with E-state index in [0.717, 1.165) is 0 Å². The van der Waals surface area contributed by atoms with Gasteiger partial charge in [0, 0.05) is 18.9 Å². The van der Waals surface area contributed by atoms with Gasteiger partial charge in [-0.05, 0) is 22.0 Å². The van der Waals surface area contributed by atoms with E-state index in [-0.39, 0.29) is 11.7 Å². The third-order valence-electron chi connectivity index (χ3n) is 2.30. The predicted octanol–water partition coefficient (Wildman–Crippen LogP) is 1.67. The Bertz CT molecular complexity index is 386. The van der Waals surface area contributed by atoms with Crippen molar-refractivity contribution in [3.05, 3.63) is 23.6 Å². The molecule has 0 aromatic rings. The maximum atomic E-state index is 11.6. The first kappa shape index (κ1) is 10.4. The van der Waals surface area contributed by atoms with Gasteiger partial charge < -0.3 is 4.74 Å².